The molecule has 1 N–H and O–H groups in total. The van der Waals surface area contributed by atoms with Crippen LogP contribution in [0.3, 0.4) is 0 Å². The molecule has 0 aliphatic rings. The highest BCUT2D eigenvalue weighted by molar-refractivity contribution is 5.21. The first-order valence-corrected chi connectivity index (χ1v) is 5.80. The van der Waals surface area contributed by atoms with Crippen LogP contribution in [0.25, 0.3) is 0 Å². The van der Waals surface area contributed by atoms with E-state index in [1.807, 2.05) is 6.92 Å². The van der Waals surface area contributed by atoms with Gasteiger partial charge in [0.05, 0.1) is 0 Å². The first kappa shape index (κ1) is 13.1. The molecular formula is C13H19F2N. The lowest BCUT2D eigenvalue weighted by Crippen LogP contribution is -2.17. The van der Waals surface area contributed by atoms with Crippen molar-refractivity contribution < 1.29 is 8.78 Å². The van der Waals surface area contributed by atoms with Gasteiger partial charge in [-0.2, -0.15) is 0 Å². The van der Waals surface area contributed by atoms with Crippen molar-refractivity contribution in [1.29, 1.82) is 0 Å². The summed E-state index contributed by atoms with van der Waals surface area (Å²) in [5, 5.41) is 3.28. The van der Waals surface area contributed by atoms with Gasteiger partial charge in [-0.25, -0.2) is 8.78 Å². The van der Waals surface area contributed by atoms with E-state index in [2.05, 4.69) is 12.2 Å². The van der Waals surface area contributed by atoms with Crippen molar-refractivity contribution in [3.63, 3.8) is 0 Å². The van der Waals surface area contributed by atoms with E-state index in [4.69, 9.17) is 0 Å². The van der Waals surface area contributed by atoms with Crippen molar-refractivity contribution in [2.45, 2.75) is 32.6 Å². The first-order chi connectivity index (χ1) is 7.63. The van der Waals surface area contributed by atoms with Gasteiger partial charge in [0, 0.05) is 6.07 Å². The predicted octanol–water partition coefficient (Wildman–Crippen LogP) is 3.46. The fourth-order valence-electron chi connectivity index (χ4n) is 1.65. The highest BCUT2D eigenvalue weighted by atomic mass is 19.1. The minimum atomic E-state index is -0.497. The van der Waals surface area contributed by atoms with E-state index in [1.54, 1.807) is 0 Å². The molecule has 1 atom stereocenters. The Morgan fingerprint density at radius 2 is 1.75 bits per heavy atom. The Kier molecular flexibility index (Phi) is 5.39. The fraction of sp³-hybridized carbons (Fsp3) is 0.538. The van der Waals surface area contributed by atoms with Gasteiger partial charge in [-0.05, 0) is 49.5 Å². The molecule has 16 heavy (non-hydrogen) atoms. The van der Waals surface area contributed by atoms with Crippen molar-refractivity contribution in [2.24, 2.45) is 0 Å². The lowest BCUT2D eigenvalue weighted by molar-refractivity contribution is 0.560. The third-order valence-electron chi connectivity index (χ3n) is 2.63. The van der Waals surface area contributed by atoms with Crippen molar-refractivity contribution in [3.05, 3.63) is 35.4 Å². The third-order valence-corrected chi connectivity index (χ3v) is 2.63. The number of hydrogen-bond acceptors (Lipinski definition) is 1. The maximum Gasteiger partial charge on any atom is 0.126 e. The third kappa shape index (κ3) is 4.27. The quantitative estimate of drug-likeness (QED) is 0.734. The van der Waals surface area contributed by atoms with Crippen LogP contribution in [0.4, 0.5) is 8.78 Å². The molecule has 0 aliphatic heterocycles. The summed E-state index contributed by atoms with van der Waals surface area (Å²) in [7, 11) is 0. The van der Waals surface area contributed by atoms with Gasteiger partial charge in [0.15, 0.2) is 0 Å². The molecule has 0 aromatic heterocycles. The zero-order valence-corrected chi connectivity index (χ0v) is 9.89. The standard InChI is InChI=1S/C13H19F2N/c1-3-5-16-6-4-10(2)11-7-12(14)9-13(15)8-11/h7-10,16H,3-6H2,1-2H3. The molecule has 1 unspecified atom stereocenters. The van der Waals surface area contributed by atoms with Gasteiger partial charge in [-0.3, -0.25) is 0 Å². The first-order valence-electron chi connectivity index (χ1n) is 5.80. The van der Waals surface area contributed by atoms with Crippen LogP contribution in [0.1, 0.15) is 38.2 Å². The Morgan fingerprint density at radius 3 is 2.31 bits per heavy atom. The second-order valence-electron chi connectivity index (χ2n) is 4.14. The van der Waals surface area contributed by atoms with Crippen LogP contribution in [-0.4, -0.2) is 13.1 Å². The largest absolute Gasteiger partial charge is 0.317 e. The van der Waals surface area contributed by atoms with Crippen LogP contribution in [0.15, 0.2) is 18.2 Å². The Balaban J connectivity index is 2.48. The Morgan fingerprint density at radius 1 is 1.12 bits per heavy atom. The molecule has 0 saturated carbocycles. The molecule has 0 heterocycles. The zero-order chi connectivity index (χ0) is 12.0. The molecule has 1 rings (SSSR count). The summed E-state index contributed by atoms with van der Waals surface area (Å²) in [6, 6.07) is 3.73. The molecule has 0 amide bonds. The number of benzene rings is 1. The van der Waals surface area contributed by atoms with E-state index in [9.17, 15) is 8.78 Å². The number of halogens is 2. The highest BCUT2D eigenvalue weighted by Crippen LogP contribution is 2.20. The average Bonchev–Trinajstić information content (AvgIpc) is 2.22. The predicted molar refractivity (Wildman–Crippen MR) is 62.6 cm³/mol. The maximum absolute atomic E-state index is 13.0. The van der Waals surface area contributed by atoms with E-state index in [1.165, 1.54) is 12.1 Å². The normalized spacial score (nSPS) is 12.8. The van der Waals surface area contributed by atoms with Gasteiger partial charge in [-0.15, -0.1) is 0 Å². The molecule has 3 heteroatoms. The SMILES string of the molecule is CCCNCCC(C)c1cc(F)cc(F)c1. The van der Waals surface area contributed by atoms with Gasteiger partial charge in [0.2, 0.25) is 0 Å². The fourth-order valence-corrected chi connectivity index (χ4v) is 1.65. The lowest BCUT2D eigenvalue weighted by atomic mass is 9.97. The number of rotatable bonds is 6. The number of hydrogen-bond donors (Lipinski definition) is 1. The molecule has 1 aromatic rings. The van der Waals surface area contributed by atoms with Crippen LogP contribution < -0.4 is 5.32 Å². The summed E-state index contributed by atoms with van der Waals surface area (Å²) < 4.78 is 26.0. The van der Waals surface area contributed by atoms with Crippen LogP contribution in [0.2, 0.25) is 0 Å². The topological polar surface area (TPSA) is 12.0 Å². The molecule has 90 valence electrons. The van der Waals surface area contributed by atoms with Crippen LogP contribution in [-0.2, 0) is 0 Å². The van der Waals surface area contributed by atoms with Crippen molar-refractivity contribution in [3.8, 4) is 0 Å². The molecule has 0 spiro atoms. The summed E-state index contributed by atoms with van der Waals surface area (Å²) in [6.07, 6.45) is 1.99. The summed E-state index contributed by atoms with van der Waals surface area (Å²) in [5.41, 5.74) is 0.732. The van der Waals surface area contributed by atoms with Crippen molar-refractivity contribution >= 4 is 0 Å². The van der Waals surface area contributed by atoms with Gasteiger partial charge >= 0.3 is 0 Å². The van der Waals surface area contributed by atoms with E-state index in [-0.39, 0.29) is 5.92 Å². The summed E-state index contributed by atoms with van der Waals surface area (Å²) in [4.78, 5) is 0. The van der Waals surface area contributed by atoms with E-state index in [0.29, 0.717) is 0 Å². The zero-order valence-electron chi connectivity index (χ0n) is 9.89. The lowest BCUT2D eigenvalue weighted by Gasteiger charge is -2.12. The van der Waals surface area contributed by atoms with Crippen molar-refractivity contribution in [1.82, 2.24) is 5.32 Å². The minimum Gasteiger partial charge on any atom is -0.317 e. The van der Waals surface area contributed by atoms with Gasteiger partial charge in [-0.1, -0.05) is 13.8 Å². The molecule has 0 aliphatic carbocycles. The smallest absolute Gasteiger partial charge is 0.126 e. The van der Waals surface area contributed by atoms with Crippen LogP contribution >= 0.6 is 0 Å². The Bertz CT molecular complexity index is 305. The van der Waals surface area contributed by atoms with Crippen LogP contribution in [0.5, 0.6) is 0 Å². The molecule has 0 radical (unpaired) electrons. The van der Waals surface area contributed by atoms with Gasteiger partial charge in [0.1, 0.15) is 11.6 Å². The average molecular weight is 227 g/mol. The summed E-state index contributed by atoms with van der Waals surface area (Å²) >= 11 is 0. The van der Waals surface area contributed by atoms with E-state index < -0.39 is 11.6 Å². The molecule has 1 nitrogen and oxygen atoms in total. The second-order valence-corrected chi connectivity index (χ2v) is 4.14. The Labute approximate surface area is 95.9 Å². The van der Waals surface area contributed by atoms with Gasteiger partial charge < -0.3 is 5.32 Å². The summed E-state index contributed by atoms with van der Waals surface area (Å²) in [5.74, 6) is -0.818. The highest BCUT2D eigenvalue weighted by Gasteiger charge is 2.08. The van der Waals surface area contributed by atoms with E-state index >= 15 is 0 Å². The maximum atomic E-state index is 13.0. The summed E-state index contributed by atoms with van der Waals surface area (Å²) in [6.45, 7) is 5.97. The molecule has 0 saturated heterocycles. The molecular weight excluding hydrogens is 208 g/mol. The second kappa shape index (κ2) is 6.59. The van der Waals surface area contributed by atoms with Crippen LogP contribution in [0, 0.1) is 11.6 Å². The molecule has 0 fully saturated rings. The minimum absolute atomic E-state index is 0.176. The molecule has 1 aromatic carbocycles. The molecule has 0 bridgehead atoms. The van der Waals surface area contributed by atoms with Crippen molar-refractivity contribution in [2.75, 3.05) is 13.1 Å². The monoisotopic (exact) mass is 227 g/mol. The van der Waals surface area contributed by atoms with Gasteiger partial charge in [0.25, 0.3) is 0 Å². The Hall–Kier alpha value is -0.960. The number of nitrogens with one attached hydrogen (secondary N) is 1. The van der Waals surface area contributed by atoms with E-state index in [0.717, 1.165) is 37.6 Å².